The van der Waals surface area contributed by atoms with E-state index in [0.29, 0.717) is 5.39 Å². The lowest BCUT2D eigenvalue weighted by atomic mass is 10.2. The predicted octanol–water partition coefficient (Wildman–Crippen LogP) is 1.40. The molecule has 6 heteroatoms. The van der Waals surface area contributed by atoms with Crippen molar-refractivity contribution in [3.63, 3.8) is 0 Å². The molecule has 1 aromatic heterocycles. The molecule has 3 rings (SSSR count). The maximum Gasteiger partial charge on any atom is 0.269 e. The maximum atomic E-state index is 12.6. The third kappa shape index (κ3) is 2.61. The van der Waals surface area contributed by atoms with Gasteiger partial charge in [0.2, 0.25) is 5.91 Å². The Morgan fingerprint density at radius 1 is 1.19 bits per heavy atom. The summed E-state index contributed by atoms with van der Waals surface area (Å²) in [7, 11) is 2.06. The van der Waals surface area contributed by atoms with Crippen LogP contribution in [-0.4, -0.2) is 52.9 Å². The molecule has 5 nitrogen and oxygen atoms in total. The molecule has 1 unspecified atom stereocenters. The maximum absolute atomic E-state index is 12.6. The first kappa shape index (κ1) is 14.3. The molecule has 1 aliphatic rings. The van der Waals surface area contributed by atoms with Crippen LogP contribution in [0.2, 0.25) is 0 Å². The fourth-order valence-corrected chi connectivity index (χ4v) is 3.67. The summed E-state index contributed by atoms with van der Waals surface area (Å²) in [5, 5.41) is 0.695. The second-order valence-corrected chi connectivity index (χ2v) is 6.54. The predicted molar refractivity (Wildman–Crippen MR) is 84.9 cm³/mol. The van der Waals surface area contributed by atoms with Crippen LogP contribution in [-0.2, 0) is 4.79 Å². The van der Waals surface area contributed by atoms with Crippen LogP contribution >= 0.6 is 11.5 Å². The third-order valence-electron chi connectivity index (χ3n) is 4.04. The molecule has 1 saturated heterocycles. The molecule has 2 aromatic rings. The van der Waals surface area contributed by atoms with Crippen molar-refractivity contribution in [1.29, 1.82) is 0 Å². The molecule has 0 spiro atoms. The minimum atomic E-state index is -0.432. The van der Waals surface area contributed by atoms with E-state index in [-0.39, 0.29) is 11.5 Å². The average molecular weight is 305 g/mol. The van der Waals surface area contributed by atoms with Gasteiger partial charge in [0.05, 0.1) is 10.1 Å². The molecule has 0 bridgehead atoms. The average Bonchev–Trinajstić information content (AvgIpc) is 2.84. The van der Waals surface area contributed by atoms with Crippen molar-refractivity contribution >= 4 is 27.5 Å². The summed E-state index contributed by atoms with van der Waals surface area (Å²) in [5.41, 5.74) is -0.0643. The highest BCUT2D eigenvalue weighted by molar-refractivity contribution is 7.14. The number of fused-ring (bicyclic) bond motifs is 1. The number of nitrogens with zero attached hydrogens (tertiary/aromatic N) is 3. The van der Waals surface area contributed by atoms with Crippen molar-refractivity contribution in [2.75, 3.05) is 33.2 Å². The van der Waals surface area contributed by atoms with Gasteiger partial charge in [-0.2, -0.15) is 0 Å². The van der Waals surface area contributed by atoms with E-state index in [1.54, 1.807) is 3.96 Å². The zero-order valence-electron chi connectivity index (χ0n) is 12.3. The Morgan fingerprint density at radius 2 is 1.86 bits per heavy atom. The minimum absolute atomic E-state index is 0.0387. The Balaban J connectivity index is 1.86. The van der Waals surface area contributed by atoms with Crippen LogP contribution in [0.15, 0.2) is 29.1 Å². The third-order valence-corrected chi connectivity index (χ3v) is 5.27. The number of aromatic nitrogens is 1. The second-order valence-electron chi connectivity index (χ2n) is 5.52. The Bertz CT molecular complexity index is 713. The molecule has 2 heterocycles. The topological polar surface area (TPSA) is 45.6 Å². The van der Waals surface area contributed by atoms with Gasteiger partial charge in [0.1, 0.15) is 6.04 Å². The first-order valence-electron chi connectivity index (χ1n) is 7.16. The van der Waals surface area contributed by atoms with Crippen molar-refractivity contribution in [3.8, 4) is 0 Å². The van der Waals surface area contributed by atoms with Crippen LogP contribution in [0.4, 0.5) is 0 Å². The van der Waals surface area contributed by atoms with Crippen LogP contribution in [0.5, 0.6) is 0 Å². The van der Waals surface area contributed by atoms with Crippen LogP contribution in [0.3, 0.4) is 0 Å². The summed E-state index contributed by atoms with van der Waals surface area (Å²) in [6, 6.07) is 7.07. The Kier molecular flexibility index (Phi) is 3.82. The molecule has 0 aliphatic carbocycles. The number of rotatable bonds is 2. The fraction of sp³-hybridized carbons (Fsp3) is 0.467. The molecule has 0 N–H and O–H groups in total. The summed E-state index contributed by atoms with van der Waals surface area (Å²) in [6.07, 6.45) is 0. The Labute approximate surface area is 127 Å². The largest absolute Gasteiger partial charge is 0.338 e. The summed E-state index contributed by atoms with van der Waals surface area (Å²) in [5.74, 6) is 0.0387. The number of piperazine rings is 1. The highest BCUT2D eigenvalue weighted by atomic mass is 32.1. The van der Waals surface area contributed by atoms with Crippen LogP contribution in [0.25, 0.3) is 10.1 Å². The Hall–Kier alpha value is -1.66. The molecule has 112 valence electrons. The first-order chi connectivity index (χ1) is 10.1. The fourth-order valence-electron chi connectivity index (χ4n) is 2.64. The van der Waals surface area contributed by atoms with Gasteiger partial charge in [-0.3, -0.25) is 13.5 Å². The van der Waals surface area contributed by atoms with Gasteiger partial charge in [0.15, 0.2) is 0 Å². The SMILES string of the molecule is CC(C(=O)N1CCN(C)CC1)n1sc2ccccc2c1=O. The summed E-state index contributed by atoms with van der Waals surface area (Å²) < 4.78 is 2.53. The highest BCUT2D eigenvalue weighted by Crippen LogP contribution is 2.21. The smallest absolute Gasteiger partial charge is 0.269 e. The zero-order chi connectivity index (χ0) is 15.0. The number of amides is 1. The van der Waals surface area contributed by atoms with E-state index in [2.05, 4.69) is 11.9 Å². The van der Waals surface area contributed by atoms with Gasteiger partial charge in [-0.05, 0) is 26.1 Å². The van der Waals surface area contributed by atoms with Crippen LogP contribution in [0.1, 0.15) is 13.0 Å². The molecule has 0 radical (unpaired) electrons. The second kappa shape index (κ2) is 5.61. The number of carbonyl (C=O) groups excluding carboxylic acids is 1. The molecule has 0 saturated carbocycles. The lowest BCUT2D eigenvalue weighted by Gasteiger charge is -2.33. The van der Waals surface area contributed by atoms with E-state index < -0.39 is 6.04 Å². The van der Waals surface area contributed by atoms with E-state index in [0.717, 1.165) is 30.9 Å². The summed E-state index contributed by atoms with van der Waals surface area (Å²) in [4.78, 5) is 29.1. The molecule has 1 aliphatic heterocycles. The van der Waals surface area contributed by atoms with Crippen molar-refractivity contribution in [2.24, 2.45) is 0 Å². The number of carbonyl (C=O) groups is 1. The van der Waals surface area contributed by atoms with Crippen molar-refractivity contribution < 1.29 is 4.79 Å². The Morgan fingerprint density at radius 3 is 2.52 bits per heavy atom. The molecule has 21 heavy (non-hydrogen) atoms. The summed E-state index contributed by atoms with van der Waals surface area (Å²) >= 11 is 1.37. The standard InChI is InChI=1S/C15H19N3O2S/c1-11(14(19)17-9-7-16(2)8-10-17)18-15(20)12-5-3-4-6-13(12)21-18/h3-6,11H,7-10H2,1-2H3. The van der Waals surface area contributed by atoms with Gasteiger partial charge >= 0.3 is 0 Å². The van der Waals surface area contributed by atoms with E-state index in [1.165, 1.54) is 11.5 Å². The number of hydrogen-bond acceptors (Lipinski definition) is 4. The normalized spacial score (nSPS) is 18.1. The molecular weight excluding hydrogens is 286 g/mol. The van der Waals surface area contributed by atoms with E-state index in [9.17, 15) is 9.59 Å². The molecular formula is C15H19N3O2S. The van der Waals surface area contributed by atoms with Gasteiger partial charge in [-0.1, -0.05) is 23.7 Å². The zero-order valence-corrected chi connectivity index (χ0v) is 13.1. The lowest BCUT2D eigenvalue weighted by molar-refractivity contribution is -0.135. The first-order valence-corrected chi connectivity index (χ1v) is 7.93. The molecule has 1 fully saturated rings. The van der Waals surface area contributed by atoms with Gasteiger partial charge in [-0.25, -0.2) is 0 Å². The van der Waals surface area contributed by atoms with Gasteiger partial charge < -0.3 is 9.80 Å². The number of benzene rings is 1. The van der Waals surface area contributed by atoms with Gasteiger partial charge in [-0.15, -0.1) is 0 Å². The van der Waals surface area contributed by atoms with Crippen molar-refractivity contribution in [3.05, 3.63) is 34.6 Å². The summed E-state index contributed by atoms with van der Waals surface area (Å²) in [6.45, 7) is 5.07. The lowest BCUT2D eigenvalue weighted by Crippen LogP contribution is -2.49. The van der Waals surface area contributed by atoms with E-state index in [1.807, 2.05) is 36.1 Å². The van der Waals surface area contributed by atoms with Gasteiger partial charge in [0.25, 0.3) is 5.56 Å². The molecule has 1 atom stereocenters. The van der Waals surface area contributed by atoms with Gasteiger partial charge in [0, 0.05) is 26.2 Å². The van der Waals surface area contributed by atoms with Crippen molar-refractivity contribution in [1.82, 2.24) is 13.8 Å². The molecule has 1 aromatic carbocycles. The van der Waals surface area contributed by atoms with Crippen molar-refractivity contribution in [2.45, 2.75) is 13.0 Å². The highest BCUT2D eigenvalue weighted by Gasteiger charge is 2.26. The number of hydrogen-bond donors (Lipinski definition) is 0. The van der Waals surface area contributed by atoms with Crippen LogP contribution < -0.4 is 5.56 Å². The van der Waals surface area contributed by atoms with Crippen LogP contribution in [0, 0.1) is 0 Å². The number of likely N-dealkylation sites (N-methyl/N-ethyl adjacent to an activating group) is 1. The van der Waals surface area contributed by atoms with E-state index in [4.69, 9.17) is 0 Å². The monoisotopic (exact) mass is 305 g/mol. The molecule has 1 amide bonds. The quantitative estimate of drug-likeness (QED) is 0.842. The minimum Gasteiger partial charge on any atom is -0.338 e. The van der Waals surface area contributed by atoms with E-state index >= 15 is 0 Å².